The van der Waals surface area contributed by atoms with E-state index in [0.29, 0.717) is 22.3 Å². The van der Waals surface area contributed by atoms with Gasteiger partial charge in [0.05, 0.1) is 37.7 Å². The monoisotopic (exact) mass is 718 g/mol. The highest BCUT2D eigenvalue weighted by Gasteiger charge is 2.72. The van der Waals surface area contributed by atoms with E-state index in [2.05, 4.69) is 6.58 Å². The zero-order valence-corrected chi connectivity index (χ0v) is 30.3. The molecule has 0 bridgehead atoms. The van der Waals surface area contributed by atoms with Gasteiger partial charge in [0.2, 0.25) is 0 Å². The summed E-state index contributed by atoms with van der Waals surface area (Å²) in [4.78, 5) is 56.0. The van der Waals surface area contributed by atoms with Crippen LogP contribution in [0.15, 0.2) is 126 Å². The highest BCUT2D eigenvalue weighted by Crippen LogP contribution is 2.60. The average molecular weight is 719 g/mol. The molecule has 53 heavy (non-hydrogen) atoms. The topological polar surface area (TPSA) is 136 Å². The Bertz CT molecular complexity index is 1930. The quantitative estimate of drug-likeness (QED) is 0.147. The number of benzene rings is 3. The van der Waals surface area contributed by atoms with Crippen LogP contribution < -0.4 is 0 Å². The second-order valence-corrected chi connectivity index (χ2v) is 14.7. The molecule has 0 saturated heterocycles. The fourth-order valence-corrected chi connectivity index (χ4v) is 8.67. The van der Waals surface area contributed by atoms with Crippen molar-refractivity contribution >= 4 is 23.7 Å². The molecular formula is C44H46O9. The minimum Gasteiger partial charge on any atom is -0.457 e. The predicted molar refractivity (Wildman–Crippen MR) is 197 cm³/mol. The number of aliphatic hydroxyl groups is 2. The first-order valence-corrected chi connectivity index (χ1v) is 18.0. The molecule has 0 heterocycles. The Morgan fingerprint density at radius 2 is 1.28 bits per heavy atom. The first kappa shape index (κ1) is 37.6. The molecule has 0 unspecified atom stereocenters. The summed E-state index contributed by atoms with van der Waals surface area (Å²) >= 11 is 0. The third kappa shape index (κ3) is 7.15. The summed E-state index contributed by atoms with van der Waals surface area (Å²) < 4.78 is 19.6. The van der Waals surface area contributed by atoms with E-state index >= 15 is 0 Å². The molecule has 0 aliphatic heterocycles. The van der Waals surface area contributed by atoms with Gasteiger partial charge >= 0.3 is 17.9 Å². The fourth-order valence-electron chi connectivity index (χ4n) is 8.67. The van der Waals surface area contributed by atoms with Crippen LogP contribution in [0.2, 0.25) is 0 Å². The summed E-state index contributed by atoms with van der Waals surface area (Å²) in [6, 6.07) is 27.2. The Balaban J connectivity index is 1.53. The average Bonchev–Trinajstić information content (AvgIpc) is 3.28. The zero-order chi connectivity index (χ0) is 38.0. The van der Waals surface area contributed by atoms with Crippen molar-refractivity contribution in [2.45, 2.75) is 75.8 Å². The van der Waals surface area contributed by atoms with Gasteiger partial charge in [-0.05, 0) is 47.3 Å². The lowest BCUT2D eigenvalue weighted by Crippen LogP contribution is -2.71. The van der Waals surface area contributed by atoms with Gasteiger partial charge in [0.15, 0.2) is 17.5 Å². The van der Waals surface area contributed by atoms with Crippen molar-refractivity contribution in [3.8, 4) is 0 Å². The SMILES string of the molecule is C=C(C)[C@@]1(OC(=O)Cc2ccccc2)C[C@@H](C)[C@@]2(OC(=O)Cc3ccccc3)[C@@H](C=C(CO)C[C@]3(O)C(=O)C(C)=C[C@@H]23)[C@H]1OC(=O)Cc1ccccc1. The van der Waals surface area contributed by atoms with Crippen LogP contribution in [-0.2, 0) is 52.7 Å². The molecule has 0 amide bonds. The largest absolute Gasteiger partial charge is 0.457 e. The summed E-state index contributed by atoms with van der Waals surface area (Å²) in [5, 5.41) is 23.1. The summed E-state index contributed by atoms with van der Waals surface area (Å²) in [5.74, 6) is -5.36. The minimum absolute atomic E-state index is 0.0305. The molecule has 1 fully saturated rings. The summed E-state index contributed by atoms with van der Waals surface area (Å²) in [6.07, 6.45) is 1.33. The number of esters is 3. The van der Waals surface area contributed by atoms with Crippen LogP contribution >= 0.6 is 0 Å². The van der Waals surface area contributed by atoms with Gasteiger partial charge in [-0.2, -0.15) is 0 Å². The Kier molecular flexibility index (Phi) is 10.7. The number of rotatable bonds is 11. The molecule has 0 radical (unpaired) electrons. The van der Waals surface area contributed by atoms with E-state index in [1.54, 1.807) is 74.5 Å². The number of ketones is 1. The van der Waals surface area contributed by atoms with Gasteiger partial charge in [0, 0.05) is 18.8 Å². The van der Waals surface area contributed by atoms with Gasteiger partial charge in [-0.25, -0.2) is 0 Å². The maximum absolute atomic E-state index is 14.2. The lowest BCUT2D eigenvalue weighted by Gasteiger charge is -2.59. The summed E-state index contributed by atoms with van der Waals surface area (Å²) in [6.45, 7) is 8.84. The van der Waals surface area contributed by atoms with E-state index < -0.39 is 71.0 Å². The lowest BCUT2D eigenvalue weighted by atomic mass is 9.54. The highest BCUT2D eigenvalue weighted by molar-refractivity contribution is 6.05. The molecule has 3 aliphatic rings. The molecule has 3 aliphatic carbocycles. The van der Waals surface area contributed by atoms with E-state index in [4.69, 9.17) is 14.2 Å². The number of carbonyl (C=O) groups excluding carboxylic acids is 4. The van der Waals surface area contributed by atoms with E-state index in [1.807, 2.05) is 49.4 Å². The third-order valence-corrected chi connectivity index (χ3v) is 11.1. The molecule has 0 aromatic heterocycles. The van der Waals surface area contributed by atoms with Crippen molar-refractivity contribution in [1.82, 2.24) is 0 Å². The van der Waals surface area contributed by atoms with Crippen LogP contribution in [0.4, 0.5) is 0 Å². The molecule has 3 aromatic rings. The maximum Gasteiger partial charge on any atom is 0.311 e. The molecule has 7 atom stereocenters. The van der Waals surface area contributed by atoms with Gasteiger partial charge in [0.1, 0.15) is 11.2 Å². The summed E-state index contributed by atoms with van der Waals surface area (Å²) in [7, 11) is 0. The van der Waals surface area contributed by atoms with Gasteiger partial charge in [-0.3, -0.25) is 19.2 Å². The van der Waals surface area contributed by atoms with E-state index in [9.17, 15) is 29.4 Å². The molecule has 1 saturated carbocycles. The van der Waals surface area contributed by atoms with Gasteiger partial charge in [0.25, 0.3) is 0 Å². The molecule has 9 nitrogen and oxygen atoms in total. The van der Waals surface area contributed by atoms with Crippen LogP contribution in [0, 0.1) is 17.8 Å². The van der Waals surface area contributed by atoms with Crippen LogP contribution in [0.5, 0.6) is 0 Å². The Morgan fingerprint density at radius 1 is 0.792 bits per heavy atom. The van der Waals surface area contributed by atoms with E-state index in [-0.39, 0.29) is 43.3 Å². The van der Waals surface area contributed by atoms with Crippen LogP contribution in [0.25, 0.3) is 0 Å². The molecule has 2 N–H and O–H groups in total. The number of Topliss-reactive ketones (excluding diaryl/α,β-unsaturated/α-hetero) is 1. The fraction of sp³-hybridized carbons (Fsp3) is 0.364. The second kappa shape index (κ2) is 15.1. The summed E-state index contributed by atoms with van der Waals surface area (Å²) in [5.41, 5.74) is -2.39. The standard InChI is InChI=1S/C44H46O9/c1-28(2)43(52-38(47)23-32-16-10-6-11-17-32)25-30(4)44(53-39(48)24-33-18-12-7-13-19-33)35(41(43)51-37(46)22-31-14-8-5-9-15-31)21-34(27-45)26-42(50)36(44)20-29(3)40(42)49/h5-21,30,35-36,41,45,50H,1,22-27H2,2-4H3/t30-,35+,36-,41-,42-,43+,44-/m1/s1. The normalized spacial score (nSPS) is 29.0. The van der Waals surface area contributed by atoms with Crippen LogP contribution in [-0.4, -0.2) is 63.4 Å². The molecule has 0 spiro atoms. The third-order valence-electron chi connectivity index (χ3n) is 11.1. The lowest BCUT2D eigenvalue weighted by molar-refractivity contribution is -0.250. The predicted octanol–water partition coefficient (Wildman–Crippen LogP) is 5.62. The molecule has 3 aromatic carbocycles. The Labute approximate surface area is 310 Å². The molecule has 6 rings (SSSR count). The van der Waals surface area contributed by atoms with Gasteiger partial charge in [-0.1, -0.05) is 117 Å². The van der Waals surface area contributed by atoms with Crippen LogP contribution in [0.3, 0.4) is 0 Å². The number of aliphatic hydroxyl groups excluding tert-OH is 1. The van der Waals surface area contributed by atoms with Crippen molar-refractivity contribution in [2.24, 2.45) is 17.8 Å². The highest BCUT2D eigenvalue weighted by atomic mass is 16.6. The van der Waals surface area contributed by atoms with Crippen molar-refractivity contribution in [1.29, 1.82) is 0 Å². The molecule has 9 heteroatoms. The van der Waals surface area contributed by atoms with Crippen molar-refractivity contribution < 1.29 is 43.6 Å². The van der Waals surface area contributed by atoms with E-state index in [1.165, 1.54) is 0 Å². The van der Waals surface area contributed by atoms with Crippen molar-refractivity contribution in [3.05, 3.63) is 143 Å². The Morgan fingerprint density at radius 3 is 1.77 bits per heavy atom. The number of fused-ring (bicyclic) bond motifs is 3. The zero-order valence-electron chi connectivity index (χ0n) is 30.3. The first-order valence-electron chi connectivity index (χ1n) is 18.0. The number of hydrogen-bond donors (Lipinski definition) is 2. The van der Waals surface area contributed by atoms with E-state index in [0.717, 1.165) is 0 Å². The van der Waals surface area contributed by atoms with Gasteiger partial charge in [-0.15, -0.1) is 0 Å². The smallest absolute Gasteiger partial charge is 0.311 e. The minimum atomic E-state index is -2.08. The number of ether oxygens (including phenoxy) is 3. The second-order valence-electron chi connectivity index (χ2n) is 14.7. The Hall–Kier alpha value is -5.12. The number of carbonyl (C=O) groups is 4. The number of hydrogen-bond acceptors (Lipinski definition) is 9. The first-order chi connectivity index (χ1) is 25.3. The van der Waals surface area contributed by atoms with Crippen molar-refractivity contribution in [2.75, 3.05) is 6.61 Å². The van der Waals surface area contributed by atoms with Crippen molar-refractivity contribution in [3.63, 3.8) is 0 Å². The van der Waals surface area contributed by atoms with Gasteiger partial charge < -0.3 is 24.4 Å². The molecule has 276 valence electrons. The maximum atomic E-state index is 14.2. The van der Waals surface area contributed by atoms with Crippen LogP contribution in [0.1, 0.15) is 50.3 Å². The molecular weight excluding hydrogens is 672 g/mol.